The number of para-hydroxylation sites is 1. The van der Waals surface area contributed by atoms with Gasteiger partial charge in [-0.3, -0.25) is 14.8 Å². The maximum Gasteiger partial charge on any atom is 0.242 e. The molecule has 8 nitrogen and oxygen atoms in total. The lowest BCUT2D eigenvalue weighted by atomic mass is 10.1. The monoisotopic (exact) mass is 504 g/mol. The van der Waals surface area contributed by atoms with Gasteiger partial charge in [-0.05, 0) is 44.0 Å². The first kappa shape index (κ1) is 25.4. The third-order valence-corrected chi connectivity index (χ3v) is 7.45. The number of hydrogen-bond donors (Lipinski definition) is 2. The third kappa shape index (κ3) is 6.30. The number of benzene rings is 2. The van der Waals surface area contributed by atoms with Crippen molar-refractivity contribution in [1.82, 2.24) is 14.7 Å². The molecule has 4 rings (SSSR count). The van der Waals surface area contributed by atoms with Crippen LogP contribution in [-0.4, -0.2) is 36.1 Å². The average Bonchev–Trinajstić information content (AvgIpc) is 2.87. The number of carbonyl (C=O) groups excluding carboxylic acids is 2. The molecule has 0 saturated carbocycles. The Kier molecular flexibility index (Phi) is 8.02. The highest BCUT2D eigenvalue weighted by Gasteiger charge is 2.27. The molecule has 0 saturated heterocycles. The summed E-state index contributed by atoms with van der Waals surface area (Å²) < 4.78 is 29.4. The first-order valence-corrected chi connectivity index (χ1v) is 13.3. The Labute approximate surface area is 210 Å². The van der Waals surface area contributed by atoms with E-state index >= 15 is 0 Å². The summed E-state index contributed by atoms with van der Waals surface area (Å²) >= 11 is 0. The smallest absolute Gasteiger partial charge is 0.242 e. The lowest BCUT2D eigenvalue weighted by molar-refractivity contribution is -0.118. The molecule has 186 valence electrons. The van der Waals surface area contributed by atoms with Gasteiger partial charge in [-0.15, -0.1) is 0 Å². The first-order chi connectivity index (χ1) is 17.3. The summed E-state index contributed by atoms with van der Waals surface area (Å²) in [6.45, 7) is 1.54. The molecule has 36 heavy (non-hydrogen) atoms. The number of unbranched alkanes of at least 4 members (excludes halogenated alkanes) is 2. The number of carbonyl (C=O) groups is 2. The van der Waals surface area contributed by atoms with Crippen molar-refractivity contribution in [3.8, 4) is 0 Å². The normalized spacial score (nSPS) is 12.5. The first-order valence-electron chi connectivity index (χ1n) is 11.8. The molecule has 2 heterocycles. The second-order valence-electron chi connectivity index (χ2n) is 8.73. The fourth-order valence-electron chi connectivity index (χ4n) is 4.09. The number of ketones is 1. The minimum absolute atomic E-state index is 0.0872. The SMILES string of the molecule is CC(=O)CCCCC[C@H](NS(=O)(=O)c1cccc2cnccc12)C(=O)Nc1cnc2ccccc2c1. The largest absolute Gasteiger partial charge is 0.323 e. The molecular weight excluding hydrogens is 476 g/mol. The number of nitrogens with zero attached hydrogens (tertiary/aromatic N) is 2. The predicted molar refractivity (Wildman–Crippen MR) is 140 cm³/mol. The van der Waals surface area contributed by atoms with Gasteiger partial charge >= 0.3 is 0 Å². The molecule has 9 heteroatoms. The Morgan fingerprint density at radius 3 is 2.58 bits per heavy atom. The van der Waals surface area contributed by atoms with Crippen LogP contribution in [-0.2, 0) is 19.6 Å². The summed E-state index contributed by atoms with van der Waals surface area (Å²) in [5.41, 5.74) is 1.28. The second kappa shape index (κ2) is 11.4. The number of rotatable bonds is 11. The van der Waals surface area contributed by atoms with Crippen molar-refractivity contribution in [2.75, 3.05) is 5.32 Å². The molecular formula is C27H28N4O4S. The van der Waals surface area contributed by atoms with Crippen LogP contribution in [0.4, 0.5) is 5.69 Å². The van der Waals surface area contributed by atoms with Crippen LogP contribution in [0.5, 0.6) is 0 Å². The topological polar surface area (TPSA) is 118 Å². The number of amides is 1. The summed E-state index contributed by atoms with van der Waals surface area (Å²) in [5, 5.41) is 4.89. The Balaban J connectivity index is 1.55. The predicted octanol–water partition coefficient (Wildman–Crippen LogP) is 4.61. The molecule has 0 bridgehead atoms. The van der Waals surface area contributed by atoms with Crippen LogP contribution in [0.1, 0.15) is 39.0 Å². The summed E-state index contributed by atoms with van der Waals surface area (Å²) in [6.07, 6.45) is 7.43. The zero-order valence-corrected chi connectivity index (χ0v) is 20.8. The van der Waals surface area contributed by atoms with E-state index in [9.17, 15) is 18.0 Å². The molecule has 0 aliphatic rings. The van der Waals surface area contributed by atoms with E-state index in [1.54, 1.807) is 43.6 Å². The maximum absolute atomic E-state index is 13.4. The van der Waals surface area contributed by atoms with Crippen molar-refractivity contribution < 1.29 is 18.0 Å². The van der Waals surface area contributed by atoms with Crippen LogP contribution < -0.4 is 10.0 Å². The van der Waals surface area contributed by atoms with Crippen molar-refractivity contribution in [1.29, 1.82) is 0 Å². The molecule has 0 fully saturated rings. The van der Waals surface area contributed by atoms with Crippen molar-refractivity contribution in [2.24, 2.45) is 0 Å². The lowest BCUT2D eigenvalue weighted by Crippen LogP contribution is -2.43. The molecule has 0 unspecified atom stereocenters. The Morgan fingerprint density at radius 2 is 1.75 bits per heavy atom. The Hall–Kier alpha value is -3.69. The van der Waals surface area contributed by atoms with Crippen LogP contribution in [0.2, 0.25) is 0 Å². The summed E-state index contributed by atoms with van der Waals surface area (Å²) in [7, 11) is -4.02. The standard InChI is InChI=1S/C27H28N4O4S/c1-19(32)8-3-2-4-12-25(27(33)30-22-16-20-9-5-6-11-24(20)29-18-22)31-36(34,35)26-13-7-10-21-17-28-15-14-23(21)26/h5-7,9-11,13-18,25,31H,2-4,8,12H2,1H3,(H,30,33)/t25-/m0/s1. The van der Waals surface area contributed by atoms with E-state index in [4.69, 9.17) is 0 Å². The molecule has 0 aliphatic carbocycles. The minimum Gasteiger partial charge on any atom is -0.323 e. The van der Waals surface area contributed by atoms with E-state index in [1.165, 1.54) is 12.3 Å². The molecule has 4 aromatic rings. The van der Waals surface area contributed by atoms with Crippen molar-refractivity contribution >= 4 is 49.1 Å². The van der Waals surface area contributed by atoms with E-state index < -0.39 is 22.0 Å². The van der Waals surface area contributed by atoms with Crippen LogP contribution in [0, 0.1) is 0 Å². The van der Waals surface area contributed by atoms with Crippen LogP contribution in [0.25, 0.3) is 21.7 Å². The molecule has 0 aliphatic heterocycles. The van der Waals surface area contributed by atoms with E-state index in [0.717, 1.165) is 10.9 Å². The summed E-state index contributed by atoms with van der Waals surface area (Å²) in [6, 6.07) is 14.9. The number of sulfonamides is 1. The number of fused-ring (bicyclic) bond motifs is 2. The zero-order valence-electron chi connectivity index (χ0n) is 20.0. The Morgan fingerprint density at radius 1 is 0.944 bits per heavy atom. The number of anilines is 1. The summed E-state index contributed by atoms with van der Waals surface area (Å²) in [5.74, 6) is -0.358. The van der Waals surface area contributed by atoms with Crippen LogP contribution in [0.15, 0.2) is 78.1 Å². The van der Waals surface area contributed by atoms with Gasteiger partial charge in [0.05, 0.1) is 22.3 Å². The highest BCUT2D eigenvalue weighted by Crippen LogP contribution is 2.23. The summed E-state index contributed by atoms with van der Waals surface area (Å²) in [4.78, 5) is 33.0. The third-order valence-electron chi connectivity index (χ3n) is 5.92. The van der Waals surface area contributed by atoms with E-state index in [1.807, 2.05) is 24.3 Å². The van der Waals surface area contributed by atoms with Gasteiger partial charge in [0, 0.05) is 35.0 Å². The van der Waals surface area contributed by atoms with Gasteiger partial charge in [-0.25, -0.2) is 8.42 Å². The number of aromatic nitrogens is 2. The average molecular weight is 505 g/mol. The molecule has 1 amide bonds. The van der Waals surface area contributed by atoms with Gasteiger partial charge in [0.2, 0.25) is 15.9 Å². The van der Waals surface area contributed by atoms with Crippen LogP contribution in [0.3, 0.4) is 0 Å². The van der Waals surface area contributed by atoms with Gasteiger partial charge in [0.15, 0.2) is 0 Å². The van der Waals surface area contributed by atoms with Gasteiger partial charge < -0.3 is 10.1 Å². The van der Waals surface area contributed by atoms with Gasteiger partial charge in [-0.1, -0.05) is 43.2 Å². The highest BCUT2D eigenvalue weighted by molar-refractivity contribution is 7.89. The molecule has 0 radical (unpaired) electrons. The second-order valence-corrected chi connectivity index (χ2v) is 10.4. The Bertz CT molecular complexity index is 1500. The molecule has 1 atom stereocenters. The zero-order chi connectivity index (χ0) is 25.5. The number of hydrogen-bond acceptors (Lipinski definition) is 6. The van der Waals surface area contributed by atoms with E-state index in [-0.39, 0.29) is 17.1 Å². The van der Waals surface area contributed by atoms with Gasteiger partial charge in [0.25, 0.3) is 0 Å². The number of nitrogens with one attached hydrogen (secondary N) is 2. The molecule has 0 spiro atoms. The number of Topliss-reactive ketones (excluding diaryl/α,β-unsaturated/α-hetero) is 1. The molecule has 2 N–H and O–H groups in total. The van der Waals surface area contributed by atoms with E-state index in [2.05, 4.69) is 20.0 Å². The lowest BCUT2D eigenvalue weighted by Gasteiger charge is -2.19. The quantitative estimate of drug-likeness (QED) is 0.288. The minimum atomic E-state index is -4.02. The fraction of sp³-hybridized carbons (Fsp3) is 0.259. The number of pyridine rings is 2. The fourth-order valence-corrected chi connectivity index (χ4v) is 5.55. The maximum atomic E-state index is 13.4. The van der Waals surface area contributed by atoms with Gasteiger partial charge in [0.1, 0.15) is 11.8 Å². The molecule has 2 aromatic carbocycles. The van der Waals surface area contributed by atoms with Crippen molar-refractivity contribution in [3.05, 3.63) is 73.2 Å². The van der Waals surface area contributed by atoms with Crippen molar-refractivity contribution in [3.63, 3.8) is 0 Å². The van der Waals surface area contributed by atoms with Crippen molar-refractivity contribution in [2.45, 2.75) is 50.0 Å². The molecule has 2 aromatic heterocycles. The highest BCUT2D eigenvalue weighted by atomic mass is 32.2. The van der Waals surface area contributed by atoms with Crippen LogP contribution >= 0.6 is 0 Å². The van der Waals surface area contributed by atoms with E-state index in [0.29, 0.717) is 42.1 Å². The van der Waals surface area contributed by atoms with Gasteiger partial charge in [-0.2, -0.15) is 4.72 Å².